The maximum atomic E-state index is 2.31. The monoisotopic (exact) mass is 1570 g/mol. The predicted octanol–water partition coefficient (Wildman–Crippen LogP) is 33.2. The Bertz CT molecular complexity index is 7160. The Hall–Kier alpha value is -15.9. The first-order valence-electron chi connectivity index (χ1n) is 43.2. The smallest absolute Gasteiger partial charge is 0.0619 e. The second-order valence-corrected chi connectivity index (χ2v) is 33.0. The van der Waals surface area contributed by atoms with Crippen molar-refractivity contribution < 1.29 is 0 Å². The normalized spacial score (nSPS) is 12.6. The fraction of sp³-hybridized carbons (Fsp3) is 0.0161. The Balaban J connectivity index is 0.0000000852. The molecule has 29 rings (SSSR count). The van der Waals surface area contributed by atoms with Crippen LogP contribution >= 0.6 is 0 Å². The Kier molecular flexibility index (Phi) is 18.2. The van der Waals surface area contributed by atoms with Gasteiger partial charge in [0.05, 0.1) is 10.8 Å². The minimum Gasteiger partial charge on any atom is -0.0619 e. The molecule has 0 heterocycles. The van der Waals surface area contributed by atoms with Crippen molar-refractivity contribution in [1.82, 2.24) is 0 Å². The Morgan fingerprint density at radius 3 is 0.419 bits per heavy atom. The Morgan fingerprint density at radius 2 is 0.234 bits per heavy atom. The van der Waals surface area contributed by atoms with E-state index in [9.17, 15) is 0 Å². The van der Waals surface area contributed by atoms with Gasteiger partial charge in [-0.1, -0.05) is 473 Å². The van der Waals surface area contributed by atoms with Crippen molar-refractivity contribution in [3.8, 4) is 44.5 Å². The molecule has 0 aliphatic heterocycles. The van der Waals surface area contributed by atoms with Crippen LogP contribution in [-0.4, -0.2) is 0 Å². The maximum Gasteiger partial charge on any atom is 0.0725 e. The Labute approximate surface area is 721 Å². The quantitative estimate of drug-likeness (QED) is 0.105. The second-order valence-electron chi connectivity index (χ2n) is 33.0. The molecule has 0 heteroatoms. The highest BCUT2D eigenvalue weighted by atomic mass is 14.5. The van der Waals surface area contributed by atoms with Gasteiger partial charge in [-0.05, 0) is 243 Å². The van der Waals surface area contributed by atoms with Gasteiger partial charge in [0.25, 0.3) is 0 Å². The second kappa shape index (κ2) is 30.7. The molecular formula is C124H82. The van der Waals surface area contributed by atoms with Crippen LogP contribution in [0.1, 0.15) is 44.5 Å². The van der Waals surface area contributed by atoms with E-state index in [1.54, 1.807) is 0 Å². The fourth-order valence-corrected chi connectivity index (χ4v) is 21.2. The summed E-state index contributed by atoms with van der Waals surface area (Å²) in [5, 5.41) is 32.1. The summed E-state index contributed by atoms with van der Waals surface area (Å²) >= 11 is 0. The first-order valence-corrected chi connectivity index (χ1v) is 43.2. The third kappa shape index (κ3) is 12.0. The third-order valence-electron chi connectivity index (χ3n) is 26.5. The molecule has 0 fully saturated rings. The number of hydrogen-bond donors (Lipinski definition) is 0. The van der Waals surface area contributed by atoms with Crippen LogP contribution in [0.15, 0.2) is 497 Å². The molecule has 578 valence electrons. The maximum absolute atomic E-state index is 2.31. The molecule has 0 saturated carbocycles. The van der Waals surface area contributed by atoms with E-state index < -0.39 is 0 Å². The van der Waals surface area contributed by atoms with Gasteiger partial charge in [-0.2, -0.15) is 0 Å². The summed E-state index contributed by atoms with van der Waals surface area (Å²) in [4.78, 5) is 0. The zero-order valence-electron chi connectivity index (χ0n) is 68.3. The molecule has 124 heavy (non-hydrogen) atoms. The molecule has 0 unspecified atom stereocenters. The molecule has 0 atom stereocenters. The first kappa shape index (κ1) is 73.3. The van der Waals surface area contributed by atoms with E-state index in [4.69, 9.17) is 0 Å². The van der Waals surface area contributed by atoms with E-state index in [0.717, 1.165) is 0 Å². The van der Waals surface area contributed by atoms with Crippen molar-refractivity contribution in [2.24, 2.45) is 0 Å². The molecule has 0 nitrogen and oxygen atoms in total. The van der Waals surface area contributed by atoms with Gasteiger partial charge in [0.15, 0.2) is 0 Å². The van der Waals surface area contributed by atoms with Crippen LogP contribution in [0, 0.1) is 0 Å². The molecular weight excluding hydrogens is 1490 g/mol. The summed E-state index contributed by atoms with van der Waals surface area (Å²) in [6.45, 7) is 0. The molecule has 0 amide bonds. The summed E-state index contributed by atoms with van der Waals surface area (Å²) < 4.78 is 0. The summed E-state index contributed by atoms with van der Waals surface area (Å²) in [5.41, 5.74) is 21.8. The third-order valence-corrected chi connectivity index (χ3v) is 26.5. The van der Waals surface area contributed by atoms with Crippen LogP contribution in [0.5, 0.6) is 0 Å². The van der Waals surface area contributed by atoms with Crippen molar-refractivity contribution in [3.05, 3.63) is 542 Å². The number of fused-ring (bicyclic) bond motifs is 27. The zero-order chi connectivity index (χ0) is 82.1. The molecule has 0 saturated heterocycles. The molecule has 4 aliphatic carbocycles. The summed E-state index contributed by atoms with van der Waals surface area (Å²) in [7, 11) is 0. The average molecular weight is 1570 g/mol. The fourth-order valence-electron chi connectivity index (χ4n) is 21.2. The molecule has 0 aromatic heterocycles. The van der Waals surface area contributed by atoms with Gasteiger partial charge >= 0.3 is 0 Å². The molecule has 0 N–H and O–H groups in total. The van der Waals surface area contributed by atoms with E-state index in [1.807, 2.05) is 0 Å². The standard InChI is InChI=1S/2C25H16.C20H12.C16H10.2C14H10.C10H8/c2*1-5-13-21-17(9-1)18-10-2-6-14-22(18)25(21)23-15-7-3-11-19(23)20-12-4-8-16-24(20)25;1-5-13-6-2-11-17-18-12-4-8-14-7-3-10-16(20(14)18)15(9-1)19(13)17;1-3-11-7-9-13-5-2-6-14-10-8-12(4-1)15(11)16(13)14;2*1-2-6-12-10-14-8-4-3-7-13(14)9-11(12)5-1;1-2-6-10-8-4-3-7-9(10)5-1/h2*1-16H;1-12H;1-10H;2*1-10H;1-8H. The predicted molar refractivity (Wildman–Crippen MR) is 530 cm³/mol. The SMILES string of the molecule is c1cc2ccc3cccc4ccc(c1)c2c34.c1cc2cccc3c4cccc5cccc(c(c1)c23)c54.c1ccc2c(c1)-c1ccccc1C21c2ccccc2-c2ccccc21.c1ccc2c(c1)-c1ccccc1C21c2ccccc2-c2ccccc21.c1ccc2cc3ccccc3cc2c1.c1ccc2cc3ccccc3cc2c1.c1ccc2ccccc2c1. The van der Waals surface area contributed by atoms with Crippen molar-refractivity contribution in [2.45, 2.75) is 10.8 Å². The van der Waals surface area contributed by atoms with Crippen molar-refractivity contribution >= 4 is 129 Å². The number of benzene rings is 25. The highest BCUT2D eigenvalue weighted by Crippen LogP contribution is 2.64. The van der Waals surface area contributed by atoms with Gasteiger partial charge in [-0.3, -0.25) is 0 Å². The van der Waals surface area contributed by atoms with E-state index in [1.165, 1.54) is 218 Å². The van der Waals surface area contributed by atoms with Crippen LogP contribution in [0.3, 0.4) is 0 Å². The number of hydrogen-bond acceptors (Lipinski definition) is 0. The highest BCUT2D eigenvalue weighted by Gasteiger charge is 2.53. The average Bonchev–Trinajstić information content (AvgIpc) is 1.51. The van der Waals surface area contributed by atoms with Crippen LogP contribution in [0.4, 0.5) is 0 Å². The largest absolute Gasteiger partial charge is 0.0725 e. The van der Waals surface area contributed by atoms with E-state index in [-0.39, 0.29) is 10.8 Å². The molecule has 25 aromatic rings. The molecule has 2 spiro atoms. The lowest BCUT2D eigenvalue weighted by molar-refractivity contribution is 0.794. The lowest BCUT2D eigenvalue weighted by Crippen LogP contribution is -2.25. The van der Waals surface area contributed by atoms with Crippen molar-refractivity contribution in [1.29, 1.82) is 0 Å². The number of rotatable bonds is 0. The highest BCUT2D eigenvalue weighted by molar-refractivity contribution is 6.33. The summed E-state index contributed by atoms with van der Waals surface area (Å²) in [6.07, 6.45) is 0. The van der Waals surface area contributed by atoms with E-state index >= 15 is 0 Å². The van der Waals surface area contributed by atoms with Gasteiger partial charge in [0.2, 0.25) is 0 Å². The molecule has 25 aromatic carbocycles. The molecule has 4 aliphatic rings. The van der Waals surface area contributed by atoms with Crippen molar-refractivity contribution in [2.75, 3.05) is 0 Å². The van der Waals surface area contributed by atoms with Gasteiger partial charge in [0.1, 0.15) is 0 Å². The van der Waals surface area contributed by atoms with E-state index in [2.05, 4.69) is 497 Å². The van der Waals surface area contributed by atoms with Crippen LogP contribution in [0.2, 0.25) is 0 Å². The van der Waals surface area contributed by atoms with E-state index in [0.29, 0.717) is 0 Å². The zero-order valence-corrected chi connectivity index (χ0v) is 68.3. The first-order chi connectivity index (χ1) is 61.5. The topological polar surface area (TPSA) is 0 Å². The van der Waals surface area contributed by atoms with Crippen molar-refractivity contribution in [3.63, 3.8) is 0 Å². The lowest BCUT2D eigenvalue weighted by atomic mass is 9.70. The van der Waals surface area contributed by atoms with Gasteiger partial charge in [0, 0.05) is 0 Å². The molecule has 0 radical (unpaired) electrons. The van der Waals surface area contributed by atoms with Crippen LogP contribution in [-0.2, 0) is 10.8 Å². The van der Waals surface area contributed by atoms with Gasteiger partial charge in [-0.15, -0.1) is 0 Å². The molecule has 0 bridgehead atoms. The minimum absolute atomic E-state index is 0.180. The summed E-state index contributed by atoms with van der Waals surface area (Å²) in [5.74, 6) is 0. The minimum atomic E-state index is -0.180. The van der Waals surface area contributed by atoms with Crippen LogP contribution < -0.4 is 0 Å². The van der Waals surface area contributed by atoms with Crippen LogP contribution in [0.25, 0.3) is 174 Å². The van der Waals surface area contributed by atoms with Gasteiger partial charge < -0.3 is 0 Å². The Morgan fingerprint density at radius 1 is 0.0968 bits per heavy atom. The summed E-state index contributed by atoms with van der Waals surface area (Å²) in [6, 6.07) is 179. The van der Waals surface area contributed by atoms with Gasteiger partial charge in [-0.25, -0.2) is 0 Å². The lowest BCUT2D eigenvalue weighted by Gasteiger charge is -2.30.